The van der Waals surface area contributed by atoms with E-state index in [0.29, 0.717) is 5.92 Å². The van der Waals surface area contributed by atoms with Crippen molar-refractivity contribution in [2.75, 3.05) is 0 Å². The summed E-state index contributed by atoms with van der Waals surface area (Å²) in [5.74, 6) is 0.469. The molecule has 0 heterocycles. The van der Waals surface area contributed by atoms with E-state index in [2.05, 4.69) is 81.4 Å². The Bertz CT molecular complexity index is 457. The van der Waals surface area contributed by atoms with E-state index in [0.717, 1.165) is 0 Å². The van der Waals surface area contributed by atoms with Crippen LogP contribution in [0.2, 0.25) is 0 Å². The minimum absolute atomic E-state index is 0.277. The van der Waals surface area contributed by atoms with E-state index in [4.69, 9.17) is 0 Å². The molecule has 0 aliphatic rings. The van der Waals surface area contributed by atoms with Crippen LogP contribution in [0.4, 0.5) is 0 Å². The maximum atomic E-state index is 2.41. The molecule has 0 N–H and O–H groups in total. The number of unbranched alkanes of at least 4 members (excludes halogenated alkanes) is 1. The monoisotopic (exact) mass is 266 g/mol. The third kappa shape index (κ3) is 3.50. The van der Waals surface area contributed by atoms with Crippen LogP contribution in [-0.4, -0.2) is 0 Å². The van der Waals surface area contributed by atoms with Crippen LogP contribution >= 0.6 is 0 Å². The van der Waals surface area contributed by atoms with Crippen LogP contribution in [0.5, 0.6) is 0 Å². The van der Waals surface area contributed by atoms with Crippen LogP contribution in [0.1, 0.15) is 57.1 Å². The Hall–Kier alpha value is -1.56. The summed E-state index contributed by atoms with van der Waals surface area (Å²) >= 11 is 0. The van der Waals surface area contributed by atoms with Gasteiger partial charge in [-0.05, 0) is 23.0 Å². The van der Waals surface area contributed by atoms with Gasteiger partial charge in [0.2, 0.25) is 0 Å². The Morgan fingerprint density at radius 1 is 0.800 bits per heavy atom. The summed E-state index contributed by atoms with van der Waals surface area (Å²) in [7, 11) is 0. The molecule has 0 saturated heterocycles. The summed E-state index contributed by atoms with van der Waals surface area (Å²) in [6.07, 6.45) is 3.82. The fraction of sp³-hybridized carbons (Fsp3) is 0.400. The molecule has 0 unspecified atom stereocenters. The van der Waals surface area contributed by atoms with Gasteiger partial charge in [0.1, 0.15) is 0 Å². The van der Waals surface area contributed by atoms with Gasteiger partial charge in [0.25, 0.3) is 0 Å². The van der Waals surface area contributed by atoms with Crippen LogP contribution in [0.3, 0.4) is 0 Å². The van der Waals surface area contributed by atoms with Gasteiger partial charge in [0, 0.05) is 5.92 Å². The molecular formula is C20H26. The summed E-state index contributed by atoms with van der Waals surface area (Å²) in [6.45, 7) is 7.09. The average molecular weight is 266 g/mol. The Labute approximate surface area is 123 Å². The van der Waals surface area contributed by atoms with E-state index < -0.39 is 0 Å². The normalized spacial score (nSPS) is 11.8. The maximum Gasteiger partial charge on any atom is 0.0140 e. The van der Waals surface area contributed by atoms with Gasteiger partial charge in [-0.3, -0.25) is 0 Å². The number of hydrogen-bond acceptors (Lipinski definition) is 0. The molecule has 0 spiro atoms. The molecule has 0 saturated carbocycles. The summed E-state index contributed by atoms with van der Waals surface area (Å²) in [5.41, 5.74) is 3.14. The van der Waals surface area contributed by atoms with E-state index in [9.17, 15) is 0 Å². The van der Waals surface area contributed by atoms with E-state index in [1.807, 2.05) is 0 Å². The van der Waals surface area contributed by atoms with Gasteiger partial charge in [-0.2, -0.15) is 0 Å². The molecule has 0 aromatic heterocycles. The summed E-state index contributed by atoms with van der Waals surface area (Å²) in [4.78, 5) is 0. The Kier molecular flexibility index (Phi) is 5.00. The van der Waals surface area contributed by atoms with E-state index in [1.54, 1.807) is 0 Å². The van der Waals surface area contributed by atoms with Crippen molar-refractivity contribution < 1.29 is 0 Å². The fourth-order valence-electron chi connectivity index (χ4n) is 3.16. The summed E-state index contributed by atoms with van der Waals surface area (Å²) in [6, 6.07) is 21.9. The average Bonchev–Trinajstić information content (AvgIpc) is 2.47. The van der Waals surface area contributed by atoms with Crippen molar-refractivity contribution in [2.45, 2.75) is 46.0 Å². The smallest absolute Gasteiger partial charge is 0.0140 e. The second-order valence-electron chi connectivity index (χ2n) is 6.35. The second kappa shape index (κ2) is 6.74. The SMILES string of the molecule is CCCCC(C)(C)C(c1ccccc1)c1ccccc1. The van der Waals surface area contributed by atoms with E-state index in [-0.39, 0.29) is 5.41 Å². The molecular weight excluding hydrogens is 240 g/mol. The first kappa shape index (κ1) is 14.8. The summed E-state index contributed by atoms with van der Waals surface area (Å²) in [5, 5.41) is 0. The van der Waals surface area contributed by atoms with Gasteiger partial charge in [-0.25, -0.2) is 0 Å². The minimum atomic E-state index is 0.277. The van der Waals surface area contributed by atoms with Gasteiger partial charge >= 0.3 is 0 Å². The lowest BCUT2D eigenvalue weighted by atomic mass is 9.69. The van der Waals surface area contributed by atoms with Crippen molar-refractivity contribution in [3.8, 4) is 0 Å². The highest BCUT2D eigenvalue weighted by molar-refractivity contribution is 5.34. The third-order valence-corrected chi connectivity index (χ3v) is 4.22. The number of rotatable bonds is 6. The minimum Gasteiger partial charge on any atom is -0.0654 e. The van der Waals surface area contributed by atoms with Crippen LogP contribution in [0.25, 0.3) is 0 Å². The molecule has 0 atom stereocenters. The molecule has 2 aromatic carbocycles. The van der Waals surface area contributed by atoms with Crippen LogP contribution in [0.15, 0.2) is 60.7 Å². The molecule has 20 heavy (non-hydrogen) atoms. The Morgan fingerprint density at radius 2 is 1.25 bits per heavy atom. The molecule has 0 radical (unpaired) electrons. The quantitative estimate of drug-likeness (QED) is 0.598. The molecule has 0 nitrogen and oxygen atoms in total. The highest BCUT2D eigenvalue weighted by Crippen LogP contribution is 2.43. The number of benzene rings is 2. The van der Waals surface area contributed by atoms with Crippen molar-refractivity contribution in [3.63, 3.8) is 0 Å². The van der Waals surface area contributed by atoms with Gasteiger partial charge in [0.15, 0.2) is 0 Å². The predicted molar refractivity (Wildman–Crippen MR) is 88.0 cm³/mol. The molecule has 2 aromatic rings. The molecule has 0 fully saturated rings. The first-order chi connectivity index (χ1) is 9.65. The Morgan fingerprint density at radius 3 is 1.65 bits per heavy atom. The first-order valence-corrected chi connectivity index (χ1v) is 7.75. The van der Waals surface area contributed by atoms with Crippen molar-refractivity contribution >= 4 is 0 Å². The fourth-order valence-corrected chi connectivity index (χ4v) is 3.16. The van der Waals surface area contributed by atoms with E-state index >= 15 is 0 Å². The highest BCUT2D eigenvalue weighted by atomic mass is 14.3. The first-order valence-electron chi connectivity index (χ1n) is 7.75. The number of hydrogen-bond donors (Lipinski definition) is 0. The van der Waals surface area contributed by atoms with Crippen molar-refractivity contribution in [1.29, 1.82) is 0 Å². The van der Waals surface area contributed by atoms with Crippen LogP contribution < -0.4 is 0 Å². The van der Waals surface area contributed by atoms with Gasteiger partial charge in [-0.1, -0.05) is 94.3 Å². The zero-order valence-electron chi connectivity index (χ0n) is 13.0. The topological polar surface area (TPSA) is 0 Å². The molecule has 0 bridgehead atoms. The van der Waals surface area contributed by atoms with Crippen molar-refractivity contribution in [3.05, 3.63) is 71.8 Å². The largest absolute Gasteiger partial charge is 0.0654 e. The lowest BCUT2D eigenvalue weighted by Crippen LogP contribution is -2.23. The molecule has 106 valence electrons. The zero-order valence-corrected chi connectivity index (χ0v) is 13.0. The molecule has 0 heteroatoms. The highest BCUT2D eigenvalue weighted by Gasteiger charge is 2.31. The third-order valence-electron chi connectivity index (χ3n) is 4.22. The predicted octanol–water partition coefficient (Wildman–Crippen LogP) is 6.03. The van der Waals surface area contributed by atoms with Crippen LogP contribution in [0, 0.1) is 5.41 Å². The van der Waals surface area contributed by atoms with Gasteiger partial charge in [0.05, 0.1) is 0 Å². The van der Waals surface area contributed by atoms with Crippen molar-refractivity contribution in [1.82, 2.24) is 0 Å². The zero-order chi connectivity index (χ0) is 14.4. The standard InChI is InChI=1S/C20H26/c1-4-5-16-20(2,3)19(17-12-8-6-9-13-17)18-14-10-7-11-15-18/h6-15,19H,4-5,16H2,1-3H3. The van der Waals surface area contributed by atoms with Crippen LogP contribution in [-0.2, 0) is 0 Å². The second-order valence-corrected chi connectivity index (χ2v) is 6.35. The molecule has 0 amide bonds. The van der Waals surface area contributed by atoms with Gasteiger partial charge < -0.3 is 0 Å². The maximum absolute atomic E-state index is 2.41. The lowest BCUT2D eigenvalue weighted by Gasteiger charge is -2.35. The van der Waals surface area contributed by atoms with Gasteiger partial charge in [-0.15, -0.1) is 0 Å². The summed E-state index contributed by atoms with van der Waals surface area (Å²) < 4.78 is 0. The molecule has 0 aliphatic heterocycles. The van der Waals surface area contributed by atoms with E-state index in [1.165, 1.54) is 30.4 Å². The molecule has 0 aliphatic carbocycles. The lowest BCUT2D eigenvalue weighted by molar-refractivity contribution is 0.282. The van der Waals surface area contributed by atoms with Crippen molar-refractivity contribution in [2.24, 2.45) is 5.41 Å². The molecule has 2 rings (SSSR count). The Balaban J connectivity index is 2.40.